The quantitative estimate of drug-likeness (QED) is 0.582. The molecule has 0 amide bonds. The summed E-state index contributed by atoms with van der Waals surface area (Å²) in [6.45, 7) is 0.156. The zero-order valence-corrected chi connectivity index (χ0v) is 6.81. The minimum Gasteiger partial charge on any atom is -0.467 e. The predicted octanol–water partition coefficient (Wildman–Crippen LogP) is -0.445. The van der Waals surface area contributed by atoms with Crippen LogP contribution in [-0.4, -0.2) is 32.8 Å². The van der Waals surface area contributed by atoms with Gasteiger partial charge in [-0.05, 0) is 0 Å². The maximum atomic E-state index is 10.5. The van der Waals surface area contributed by atoms with Crippen LogP contribution in [0.3, 0.4) is 0 Å². The first kappa shape index (κ1) is 12.4. The van der Waals surface area contributed by atoms with Crippen LogP contribution in [0.4, 0.5) is 0 Å². The molecule has 1 atom stereocenters. The molecule has 0 saturated heterocycles. The third-order valence-corrected chi connectivity index (χ3v) is 0.963. The Hall–Kier alpha value is -0.320. The van der Waals surface area contributed by atoms with Gasteiger partial charge in [-0.2, -0.15) is 0 Å². The lowest BCUT2D eigenvalue weighted by Gasteiger charge is -2.08. The van der Waals surface area contributed by atoms with Gasteiger partial charge >= 0.3 is 5.97 Å². The molecule has 10 heavy (non-hydrogen) atoms. The van der Waals surface area contributed by atoms with Crippen molar-refractivity contribution in [2.45, 2.75) is 6.10 Å². The molecule has 2 N–H and O–H groups in total. The summed E-state index contributed by atoms with van der Waals surface area (Å²) >= 11 is 0. The summed E-state index contributed by atoms with van der Waals surface area (Å²) in [5.41, 5.74) is 5.13. The van der Waals surface area contributed by atoms with Crippen LogP contribution >= 0.6 is 12.4 Å². The Morgan fingerprint density at radius 3 is 2.20 bits per heavy atom. The van der Waals surface area contributed by atoms with Crippen molar-refractivity contribution in [3.05, 3.63) is 0 Å². The predicted molar refractivity (Wildman–Crippen MR) is 39.1 cm³/mol. The Morgan fingerprint density at radius 2 is 2.10 bits per heavy atom. The molecule has 4 nitrogen and oxygen atoms in total. The number of hydrogen-bond acceptors (Lipinski definition) is 4. The summed E-state index contributed by atoms with van der Waals surface area (Å²) in [7, 11) is 2.71. The fourth-order valence-electron chi connectivity index (χ4n) is 0.420. The van der Waals surface area contributed by atoms with Gasteiger partial charge in [-0.1, -0.05) is 0 Å². The number of ether oxygens (including phenoxy) is 2. The zero-order chi connectivity index (χ0) is 7.28. The molecule has 0 aliphatic rings. The Labute approximate surface area is 66.1 Å². The van der Waals surface area contributed by atoms with Crippen molar-refractivity contribution in [3.63, 3.8) is 0 Å². The van der Waals surface area contributed by atoms with Gasteiger partial charge in [0.05, 0.1) is 7.11 Å². The van der Waals surface area contributed by atoms with Crippen LogP contribution in [0.25, 0.3) is 0 Å². The van der Waals surface area contributed by atoms with Crippen LogP contribution in [0.15, 0.2) is 0 Å². The van der Waals surface area contributed by atoms with E-state index in [9.17, 15) is 4.79 Å². The molecule has 0 bridgehead atoms. The van der Waals surface area contributed by atoms with Gasteiger partial charge < -0.3 is 15.2 Å². The Morgan fingerprint density at radius 1 is 1.60 bits per heavy atom. The summed E-state index contributed by atoms with van der Waals surface area (Å²) in [6.07, 6.45) is -0.616. The highest BCUT2D eigenvalue weighted by molar-refractivity contribution is 5.85. The van der Waals surface area contributed by atoms with Gasteiger partial charge in [0.2, 0.25) is 0 Å². The van der Waals surface area contributed by atoms with E-state index in [2.05, 4.69) is 9.47 Å². The third kappa shape index (κ3) is 3.66. The number of carbonyl (C=O) groups excluding carboxylic acids is 1. The third-order valence-electron chi connectivity index (χ3n) is 0.963. The van der Waals surface area contributed by atoms with Crippen molar-refractivity contribution >= 4 is 18.4 Å². The number of methoxy groups -OCH3 is 2. The van der Waals surface area contributed by atoms with Crippen molar-refractivity contribution in [3.8, 4) is 0 Å². The van der Waals surface area contributed by atoms with Crippen molar-refractivity contribution in [2.75, 3.05) is 20.8 Å². The van der Waals surface area contributed by atoms with Gasteiger partial charge in [-0.3, -0.25) is 0 Å². The van der Waals surface area contributed by atoms with Gasteiger partial charge in [-0.15, -0.1) is 12.4 Å². The highest BCUT2D eigenvalue weighted by Crippen LogP contribution is 1.88. The molecule has 0 heterocycles. The van der Waals surface area contributed by atoms with Crippen molar-refractivity contribution in [2.24, 2.45) is 5.73 Å². The van der Waals surface area contributed by atoms with E-state index in [1.165, 1.54) is 14.2 Å². The van der Waals surface area contributed by atoms with Crippen molar-refractivity contribution in [1.29, 1.82) is 0 Å². The van der Waals surface area contributed by atoms with Crippen LogP contribution < -0.4 is 5.73 Å². The molecule has 0 aromatic heterocycles. The topological polar surface area (TPSA) is 61.5 Å². The molecule has 0 aromatic rings. The van der Waals surface area contributed by atoms with E-state index in [0.29, 0.717) is 0 Å². The fraction of sp³-hybridized carbons (Fsp3) is 0.800. The molecular weight excluding hydrogens is 158 g/mol. The molecule has 0 radical (unpaired) electrons. The minimum absolute atomic E-state index is 0. The van der Waals surface area contributed by atoms with Crippen molar-refractivity contribution in [1.82, 2.24) is 0 Å². The number of halogens is 1. The average Bonchev–Trinajstić information content (AvgIpc) is 1.90. The monoisotopic (exact) mass is 169 g/mol. The maximum Gasteiger partial charge on any atom is 0.336 e. The highest BCUT2D eigenvalue weighted by atomic mass is 35.5. The van der Waals surface area contributed by atoms with Crippen LogP contribution in [0, 0.1) is 0 Å². The second-order valence-corrected chi connectivity index (χ2v) is 1.48. The van der Waals surface area contributed by atoms with Crippen LogP contribution in [-0.2, 0) is 14.3 Å². The number of hydrogen-bond donors (Lipinski definition) is 1. The lowest BCUT2D eigenvalue weighted by Crippen LogP contribution is -2.32. The largest absolute Gasteiger partial charge is 0.467 e. The molecule has 0 aliphatic heterocycles. The number of nitrogens with two attached hydrogens (primary N) is 1. The summed E-state index contributed by atoms with van der Waals surface area (Å²) in [5, 5.41) is 0. The standard InChI is InChI=1S/C5H11NO3.ClH/c1-8-4(3-6)5(7)9-2;/h4H,3,6H2,1-2H3;1H/t4-;/m1./s1. The van der Waals surface area contributed by atoms with E-state index in [1.807, 2.05) is 0 Å². The molecule has 5 heteroatoms. The fourth-order valence-corrected chi connectivity index (χ4v) is 0.420. The zero-order valence-electron chi connectivity index (χ0n) is 5.99. The van der Waals surface area contributed by atoms with Crippen LogP contribution in [0.1, 0.15) is 0 Å². The first-order valence-corrected chi connectivity index (χ1v) is 2.57. The Balaban J connectivity index is 0. The first-order chi connectivity index (χ1) is 4.26. The lowest BCUT2D eigenvalue weighted by molar-refractivity contribution is -0.151. The number of rotatable bonds is 3. The van der Waals surface area contributed by atoms with Crippen LogP contribution in [0.5, 0.6) is 0 Å². The minimum atomic E-state index is -0.616. The normalized spacial score (nSPS) is 11.5. The van der Waals surface area contributed by atoms with Gasteiger partial charge in [0.1, 0.15) is 0 Å². The average molecular weight is 170 g/mol. The molecule has 0 rings (SSSR count). The summed E-state index contributed by atoms with van der Waals surface area (Å²) < 4.78 is 9.00. The van der Waals surface area contributed by atoms with E-state index >= 15 is 0 Å². The lowest BCUT2D eigenvalue weighted by atomic mass is 10.4. The summed E-state index contributed by atoms with van der Waals surface area (Å²) in [6, 6.07) is 0. The van der Waals surface area contributed by atoms with E-state index < -0.39 is 12.1 Å². The molecule has 0 aliphatic carbocycles. The molecule has 62 valence electrons. The number of carbonyl (C=O) groups is 1. The van der Waals surface area contributed by atoms with Gasteiger partial charge in [0.25, 0.3) is 0 Å². The van der Waals surface area contributed by atoms with E-state index in [0.717, 1.165) is 0 Å². The Bertz CT molecular complexity index is 94.9. The van der Waals surface area contributed by atoms with E-state index in [4.69, 9.17) is 5.73 Å². The van der Waals surface area contributed by atoms with Gasteiger partial charge in [0.15, 0.2) is 6.10 Å². The smallest absolute Gasteiger partial charge is 0.336 e. The molecule has 0 spiro atoms. The van der Waals surface area contributed by atoms with Crippen LogP contribution in [0.2, 0.25) is 0 Å². The highest BCUT2D eigenvalue weighted by Gasteiger charge is 2.14. The second kappa shape index (κ2) is 6.80. The second-order valence-electron chi connectivity index (χ2n) is 1.48. The summed E-state index contributed by atoms with van der Waals surface area (Å²) in [5.74, 6) is -0.431. The summed E-state index contributed by atoms with van der Waals surface area (Å²) in [4.78, 5) is 10.5. The SMILES string of the molecule is COC(=O)[C@@H](CN)OC.Cl. The molecule has 0 saturated carbocycles. The van der Waals surface area contributed by atoms with Gasteiger partial charge in [-0.25, -0.2) is 4.79 Å². The first-order valence-electron chi connectivity index (χ1n) is 2.57. The molecular formula is C5H12ClNO3. The molecule has 0 aromatic carbocycles. The Kier molecular flexibility index (Phi) is 8.40. The van der Waals surface area contributed by atoms with E-state index in [-0.39, 0.29) is 19.0 Å². The number of esters is 1. The van der Waals surface area contributed by atoms with E-state index in [1.54, 1.807) is 0 Å². The maximum absolute atomic E-state index is 10.5. The molecule has 0 fully saturated rings. The molecule has 0 unspecified atom stereocenters. The van der Waals surface area contributed by atoms with Crippen molar-refractivity contribution < 1.29 is 14.3 Å². The van der Waals surface area contributed by atoms with Gasteiger partial charge in [0, 0.05) is 13.7 Å².